The van der Waals surface area contributed by atoms with Crippen molar-refractivity contribution in [2.45, 2.75) is 25.8 Å². The van der Waals surface area contributed by atoms with Crippen LogP contribution in [-0.4, -0.2) is 31.7 Å². The zero-order valence-electron chi connectivity index (χ0n) is 12.8. The lowest BCUT2D eigenvalue weighted by Crippen LogP contribution is -2.10. The molecule has 0 fully saturated rings. The zero-order chi connectivity index (χ0) is 16.7. The fraction of sp³-hybridized carbons (Fsp3) is 0.500. The number of esters is 1. The monoisotopic (exact) mass is 312 g/mol. The van der Waals surface area contributed by atoms with Crippen molar-refractivity contribution >= 4 is 11.7 Å². The lowest BCUT2D eigenvalue weighted by atomic mass is 10.1. The quantitative estimate of drug-likeness (QED) is 0.338. The minimum atomic E-state index is -0.514. The Morgan fingerprint density at radius 2 is 2.05 bits per heavy atom. The predicted octanol–water partition coefficient (Wildman–Crippen LogP) is 1.96. The Hall–Kier alpha value is -2.35. The lowest BCUT2D eigenvalue weighted by molar-refractivity contribution is -0.385. The molecule has 1 aromatic rings. The van der Waals surface area contributed by atoms with Crippen LogP contribution in [-0.2, 0) is 9.53 Å². The first-order valence-corrected chi connectivity index (χ1v) is 6.72. The van der Waals surface area contributed by atoms with E-state index in [0.717, 1.165) is 0 Å². The first-order valence-electron chi connectivity index (χ1n) is 6.72. The first kappa shape index (κ1) is 17.7. The number of ether oxygens (including phenoxy) is 3. The number of benzene rings is 1. The Morgan fingerprint density at radius 1 is 1.36 bits per heavy atom. The van der Waals surface area contributed by atoms with E-state index in [1.54, 1.807) is 6.92 Å². The van der Waals surface area contributed by atoms with E-state index in [1.807, 2.05) is 0 Å². The van der Waals surface area contributed by atoms with Crippen LogP contribution in [0.5, 0.6) is 11.5 Å². The van der Waals surface area contributed by atoms with Gasteiger partial charge in [0.15, 0.2) is 11.5 Å². The lowest BCUT2D eigenvalue weighted by Gasteiger charge is -2.14. The average Bonchev–Trinajstić information content (AvgIpc) is 2.50. The molecule has 1 rings (SSSR count). The normalized spacial score (nSPS) is 11.6. The number of nitrogens with zero attached hydrogens (tertiary/aromatic N) is 1. The molecule has 0 radical (unpaired) electrons. The van der Waals surface area contributed by atoms with E-state index in [9.17, 15) is 14.9 Å². The molecule has 0 saturated heterocycles. The highest BCUT2D eigenvalue weighted by atomic mass is 16.6. The number of nitrogens with two attached hydrogens (primary N) is 1. The Balaban J connectivity index is 2.91. The molecule has 0 aliphatic heterocycles. The summed E-state index contributed by atoms with van der Waals surface area (Å²) in [7, 11) is 2.75. The maximum Gasteiger partial charge on any atom is 0.305 e. The maximum absolute atomic E-state index is 11.1. The molecule has 2 N–H and O–H groups in total. The van der Waals surface area contributed by atoms with E-state index in [1.165, 1.54) is 26.4 Å². The summed E-state index contributed by atoms with van der Waals surface area (Å²) in [4.78, 5) is 21.6. The van der Waals surface area contributed by atoms with Gasteiger partial charge in [0.25, 0.3) is 5.69 Å². The fourth-order valence-corrected chi connectivity index (χ4v) is 1.86. The van der Waals surface area contributed by atoms with E-state index < -0.39 is 11.0 Å². The third kappa shape index (κ3) is 4.59. The van der Waals surface area contributed by atoms with E-state index >= 15 is 0 Å². The Labute approximate surface area is 128 Å². The van der Waals surface area contributed by atoms with Crippen LogP contribution < -0.4 is 15.2 Å². The topological polar surface area (TPSA) is 114 Å². The highest BCUT2D eigenvalue weighted by Crippen LogP contribution is 2.36. The van der Waals surface area contributed by atoms with Crippen LogP contribution in [0.1, 0.15) is 31.4 Å². The van der Waals surface area contributed by atoms with Gasteiger partial charge in [-0.1, -0.05) is 0 Å². The van der Waals surface area contributed by atoms with Crippen LogP contribution in [0.15, 0.2) is 12.1 Å². The number of nitro groups is 1. The third-order valence-corrected chi connectivity index (χ3v) is 3.01. The van der Waals surface area contributed by atoms with Gasteiger partial charge in [-0.3, -0.25) is 14.9 Å². The van der Waals surface area contributed by atoms with Crippen molar-refractivity contribution in [3.8, 4) is 11.5 Å². The van der Waals surface area contributed by atoms with Crippen LogP contribution in [0.3, 0.4) is 0 Å². The molecular weight excluding hydrogens is 292 g/mol. The molecule has 8 heteroatoms. The number of methoxy groups -OCH3 is 2. The average molecular weight is 312 g/mol. The van der Waals surface area contributed by atoms with Crippen LogP contribution in [0.2, 0.25) is 0 Å². The first-order chi connectivity index (χ1) is 10.4. The second kappa shape index (κ2) is 8.18. The molecule has 0 heterocycles. The van der Waals surface area contributed by atoms with E-state index in [-0.39, 0.29) is 30.4 Å². The molecule has 22 heavy (non-hydrogen) atoms. The van der Waals surface area contributed by atoms with Crippen LogP contribution >= 0.6 is 0 Å². The maximum atomic E-state index is 11.1. The number of hydrogen-bond acceptors (Lipinski definition) is 7. The molecule has 8 nitrogen and oxygen atoms in total. The second-order valence-corrected chi connectivity index (χ2v) is 4.64. The van der Waals surface area contributed by atoms with Gasteiger partial charge in [0.2, 0.25) is 0 Å². The minimum absolute atomic E-state index is 0.126. The van der Waals surface area contributed by atoms with Gasteiger partial charge >= 0.3 is 5.97 Å². The Kier molecular flexibility index (Phi) is 6.58. The molecule has 0 aliphatic rings. The summed E-state index contributed by atoms with van der Waals surface area (Å²) in [6.07, 6.45) is 0.636. The number of rotatable bonds is 8. The van der Waals surface area contributed by atoms with Gasteiger partial charge in [0.1, 0.15) is 0 Å². The number of carbonyl (C=O) groups is 1. The van der Waals surface area contributed by atoms with Gasteiger partial charge < -0.3 is 19.9 Å². The van der Waals surface area contributed by atoms with E-state index in [2.05, 4.69) is 4.74 Å². The molecular formula is C14H20N2O6. The van der Waals surface area contributed by atoms with E-state index in [0.29, 0.717) is 17.7 Å². The summed E-state index contributed by atoms with van der Waals surface area (Å²) < 4.78 is 15.2. The Morgan fingerprint density at radius 3 is 2.55 bits per heavy atom. The number of carbonyl (C=O) groups excluding carboxylic acids is 1. The highest BCUT2D eigenvalue weighted by molar-refractivity contribution is 5.69. The van der Waals surface area contributed by atoms with Crippen LogP contribution in [0, 0.1) is 10.1 Å². The SMILES string of the molecule is COC(=O)CCCOc1cc([N+](=O)[O-])c(C(C)N)cc1OC. The largest absolute Gasteiger partial charge is 0.493 e. The molecule has 0 amide bonds. The van der Waals surface area contributed by atoms with Crippen molar-refractivity contribution in [2.75, 3.05) is 20.8 Å². The van der Waals surface area contributed by atoms with Crippen molar-refractivity contribution in [3.63, 3.8) is 0 Å². The van der Waals surface area contributed by atoms with Crippen molar-refractivity contribution in [1.29, 1.82) is 0 Å². The smallest absolute Gasteiger partial charge is 0.305 e. The predicted molar refractivity (Wildman–Crippen MR) is 79.0 cm³/mol. The molecule has 0 aromatic heterocycles. The summed E-state index contributed by atoms with van der Waals surface area (Å²) in [5.41, 5.74) is 5.98. The van der Waals surface area contributed by atoms with Gasteiger partial charge in [-0.25, -0.2) is 0 Å². The summed E-state index contributed by atoms with van der Waals surface area (Å²) >= 11 is 0. The third-order valence-electron chi connectivity index (χ3n) is 3.01. The van der Waals surface area contributed by atoms with Crippen LogP contribution in [0.25, 0.3) is 0 Å². The molecule has 1 atom stereocenters. The van der Waals surface area contributed by atoms with Gasteiger partial charge in [-0.15, -0.1) is 0 Å². The molecule has 0 bridgehead atoms. The molecule has 0 spiro atoms. The molecule has 1 unspecified atom stereocenters. The summed E-state index contributed by atoms with van der Waals surface area (Å²) in [6.45, 7) is 1.86. The van der Waals surface area contributed by atoms with Gasteiger partial charge in [0, 0.05) is 12.5 Å². The van der Waals surface area contributed by atoms with Gasteiger partial charge in [-0.2, -0.15) is 0 Å². The van der Waals surface area contributed by atoms with E-state index in [4.69, 9.17) is 15.2 Å². The molecule has 0 aliphatic carbocycles. The second-order valence-electron chi connectivity index (χ2n) is 4.64. The summed E-state index contributed by atoms with van der Waals surface area (Å²) in [5, 5.41) is 11.1. The van der Waals surface area contributed by atoms with Gasteiger partial charge in [0.05, 0.1) is 37.4 Å². The van der Waals surface area contributed by atoms with Crippen molar-refractivity contribution in [3.05, 3.63) is 27.8 Å². The number of nitro benzene ring substituents is 1. The summed E-state index contributed by atoms with van der Waals surface area (Å²) in [6, 6.07) is 2.27. The van der Waals surface area contributed by atoms with Crippen molar-refractivity contribution < 1.29 is 23.9 Å². The zero-order valence-corrected chi connectivity index (χ0v) is 12.8. The molecule has 122 valence electrons. The van der Waals surface area contributed by atoms with Crippen molar-refractivity contribution in [1.82, 2.24) is 0 Å². The number of hydrogen-bond donors (Lipinski definition) is 1. The van der Waals surface area contributed by atoms with Crippen molar-refractivity contribution in [2.24, 2.45) is 5.73 Å². The Bertz CT molecular complexity index is 544. The summed E-state index contributed by atoms with van der Waals surface area (Å²) in [5.74, 6) is 0.258. The highest BCUT2D eigenvalue weighted by Gasteiger charge is 2.22. The van der Waals surface area contributed by atoms with Gasteiger partial charge in [-0.05, 0) is 19.4 Å². The fourth-order valence-electron chi connectivity index (χ4n) is 1.86. The standard InChI is InChI=1S/C14H20N2O6/c1-9(15)10-7-12(20-2)13(8-11(10)16(18)19)22-6-4-5-14(17)21-3/h7-9H,4-6,15H2,1-3H3. The molecule has 0 saturated carbocycles. The minimum Gasteiger partial charge on any atom is -0.493 e. The molecule has 1 aromatic carbocycles. The van der Waals surface area contributed by atoms with Crippen LogP contribution in [0.4, 0.5) is 5.69 Å².